The van der Waals surface area contributed by atoms with E-state index < -0.39 is 26.2 Å². The summed E-state index contributed by atoms with van der Waals surface area (Å²) in [6.07, 6.45) is 0. The van der Waals surface area contributed by atoms with Crippen LogP contribution in [0.5, 0.6) is 0 Å². The minimum absolute atomic E-state index is 0.303. The maximum atomic E-state index is 12.1. The number of carbonyl (C=O) groups excluding carboxylic acids is 1. The van der Waals surface area contributed by atoms with Crippen LogP contribution in [0.2, 0.25) is 0 Å². The van der Waals surface area contributed by atoms with Crippen molar-refractivity contribution >= 4 is 32.5 Å². The van der Waals surface area contributed by atoms with Crippen LogP contribution in [-0.4, -0.2) is 31.6 Å². The van der Waals surface area contributed by atoms with Gasteiger partial charge in [-0.25, -0.2) is 8.42 Å². The van der Waals surface area contributed by atoms with Gasteiger partial charge in [0, 0.05) is 12.7 Å². The Kier molecular flexibility index (Phi) is 3.19. The molecule has 0 saturated heterocycles. The van der Waals surface area contributed by atoms with Crippen LogP contribution in [0.1, 0.15) is 6.92 Å². The molecule has 0 bridgehead atoms. The summed E-state index contributed by atoms with van der Waals surface area (Å²) in [4.78, 5) is 15.3. The van der Waals surface area contributed by atoms with Gasteiger partial charge in [-0.1, -0.05) is 0 Å². The molecule has 2 aromatic rings. The molecule has 102 valence electrons. The number of fused-ring (bicyclic) bond motifs is 1. The summed E-state index contributed by atoms with van der Waals surface area (Å²) in [5.74, 6) is -0.623. The summed E-state index contributed by atoms with van der Waals surface area (Å²) in [6, 6.07) is 4.61. The van der Waals surface area contributed by atoms with Gasteiger partial charge >= 0.3 is 5.22 Å². The molecule has 0 aliphatic heterocycles. The number of rotatable bonds is 3. The number of hydrogen-bond acceptors (Lipinski definition) is 6. The van der Waals surface area contributed by atoms with Crippen molar-refractivity contribution in [3.63, 3.8) is 0 Å². The van der Waals surface area contributed by atoms with E-state index in [0.717, 1.165) is 0 Å². The zero-order valence-corrected chi connectivity index (χ0v) is 11.2. The third-order valence-electron chi connectivity index (χ3n) is 2.72. The Morgan fingerprint density at radius 2 is 2.16 bits per heavy atom. The third kappa shape index (κ3) is 2.26. The maximum Gasteiger partial charge on any atom is 0.316 e. The van der Waals surface area contributed by atoms with Crippen LogP contribution >= 0.6 is 0 Å². The lowest BCUT2D eigenvalue weighted by molar-refractivity contribution is -0.119. The molecule has 3 N–H and O–H groups in total. The van der Waals surface area contributed by atoms with Gasteiger partial charge in [0.05, 0.1) is 0 Å². The van der Waals surface area contributed by atoms with Gasteiger partial charge in [-0.2, -0.15) is 4.98 Å². The molecular formula is C11H13N3O4S. The molecule has 0 radical (unpaired) electrons. The lowest BCUT2D eigenvalue weighted by Crippen LogP contribution is -2.35. The van der Waals surface area contributed by atoms with Crippen LogP contribution in [0.4, 0.5) is 5.69 Å². The normalized spacial score (nSPS) is 13.4. The Hall–Kier alpha value is -2.09. The molecule has 7 nitrogen and oxygen atoms in total. The molecule has 2 rings (SSSR count). The molecule has 0 aliphatic carbocycles. The fourth-order valence-electron chi connectivity index (χ4n) is 1.54. The highest BCUT2D eigenvalue weighted by Gasteiger charge is 2.33. The standard InChI is InChI=1S/C11H13N3O4S/c1-6(10(15)13-2)19(16,17)11-14-8-5-7(12)3-4-9(8)18-11/h3-6H,12H2,1-2H3,(H,13,15). The first kappa shape index (κ1) is 13.3. The molecule has 1 aromatic carbocycles. The van der Waals surface area contributed by atoms with Crippen molar-refractivity contribution in [2.75, 3.05) is 12.8 Å². The Morgan fingerprint density at radius 1 is 1.47 bits per heavy atom. The molecule has 1 amide bonds. The number of oxazole rings is 1. The van der Waals surface area contributed by atoms with E-state index in [4.69, 9.17) is 10.2 Å². The Labute approximate surface area is 109 Å². The quantitative estimate of drug-likeness (QED) is 0.784. The second kappa shape index (κ2) is 4.54. The van der Waals surface area contributed by atoms with E-state index in [9.17, 15) is 13.2 Å². The van der Waals surface area contributed by atoms with Gasteiger partial charge in [-0.05, 0) is 25.1 Å². The highest BCUT2D eigenvalue weighted by atomic mass is 32.2. The fourth-order valence-corrected chi connectivity index (χ4v) is 2.67. The highest BCUT2D eigenvalue weighted by Crippen LogP contribution is 2.23. The first-order valence-electron chi connectivity index (χ1n) is 5.48. The van der Waals surface area contributed by atoms with E-state index in [1.54, 1.807) is 6.07 Å². The predicted octanol–water partition coefficient (Wildman–Crippen LogP) is 0.318. The lowest BCUT2D eigenvalue weighted by atomic mass is 10.3. The number of benzene rings is 1. The number of nitrogens with one attached hydrogen (secondary N) is 1. The minimum Gasteiger partial charge on any atom is -0.428 e. The van der Waals surface area contributed by atoms with Crippen molar-refractivity contribution in [3.8, 4) is 0 Å². The summed E-state index contributed by atoms with van der Waals surface area (Å²) in [5.41, 5.74) is 6.66. The molecule has 1 unspecified atom stereocenters. The first-order valence-corrected chi connectivity index (χ1v) is 7.02. The number of amides is 1. The van der Waals surface area contributed by atoms with Gasteiger partial charge in [-0.3, -0.25) is 4.79 Å². The first-order chi connectivity index (χ1) is 8.86. The Balaban J connectivity index is 2.52. The minimum atomic E-state index is -3.96. The largest absolute Gasteiger partial charge is 0.428 e. The van der Waals surface area contributed by atoms with E-state index in [1.165, 1.54) is 26.1 Å². The fraction of sp³-hybridized carbons (Fsp3) is 0.273. The van der Waals surface area contributed by atoms with E-state index in [1.807, 2.05) is 0 Å². The smallest absolute Gasteiger partial charge is 0.316 e. The zero-order chi connectivity index (χ0) is 14.2. The molecule has 1 atom stereocenters. The summed E-state index contributed by atoms with van der Waals surface area (Å²) in [5, 5.41) is 0.519. The van der Waals surface area contributed by atoms with Crippen molar-refractivity contribution in [3.05, 3.63) is 18.2 Å². The Morgan fingerprint density at radius 3 is 2.79 bits per heavy atom. The van der Waals surface area contributed by atoms with Crippen LogP contribution in [0.15, 0.2) is 27.8 Å². The summed E-state index contributed by atoms with van der Waals surface area (Å²) in [6.45, 7) is 1.28. The maximum absolute atomic E-state index is 12.1. The number of anilines is 1. The number of nitrogen functional groups attached to an aromatic ring is 1. The van der Waals surface area contributed by atoms with Gasteiger partial charge in [0.2, 0.25) is 15.7 Å². The zero-order valence-electron chi connectivity index (χ0n) is 10.4. The summed E-state index contributed by atoms with van der Waals surface area (Å²) in [7, 11) is -2.59. The Bertz CT molecular complexity index is 735. The highest BCUT2D eigenvalue weighted by molar-refractivity contribution is 7.92. The number of sulfone groups is 1. The molecule has 19 heavy (non-hydrogen) atoms. The van der Waals surface area contributed by atoms with Crippen LogP contribution in [0.3, 0.4) is 0 Å². The van der Waals surface area contributed by atoms with E-state index in [2.05, 4.69) is 10.3 Å². The second-order valence-corrected chi connectivity index (χ2v) is 6.15. The van der Waals surface area contributed by atoms with Gasteiger partial charge in [0.15, 0.2) is 5.58 Å². The van der Waals surface area contributed by atoms with Gasteiger partial charge in [0.1, 0.15) is 10.8 Å². The van der Waals surface area contributed by atoms with Crippen molar-refractivity contribution < 1.29 is 17.6 Å². The molecule has 0 fully saturated rings. The van der Waals surface area contributed by atoms with Gasteiger partial charge < -0.3 is 15.5 Å². The number of aromatic nitrogens is 1. The van der Waals surface area contributed by atoms with Crippen LogP contribution < -0.4 is 11.1 Å². The second-order valence-electron chi connectivity index (χ2n) is 4.01. The number of nitrogens with two attached hydrogens (primary N) is 1. The molecular weight excluding hydrogens is 270 g/mol. The third-order valence-corrected chi connectivity index (χ3v) is 4.52. The molecule has 1 aromatic heterocycles. The predicted molar refractivity (Wildman–Crippen MR) is 69.1 cm³/mol. The van der Waals surface area contributed by atoms with Crippen LogP contribution in [0.25, 0.3) is 11.1 Å². The lowest BCUT2D eigenvalue weighted by Gasteiger charge is -2.07. The van der Waals surface area contributed by atoms with Gasteiger partial charge in [0.25, 0.3) is 0 Å². The summed E-state index contributed by atoms with van der Waals surface area (Å²) < 4.78 is 29.4. The summed E-state index contributed by atoms with van der Waals surface area (Å²) >= 11 is 0. The van der Waals surface area contributed by atoms with Crippen LogP contribution in [-0.2, 0) is 14.6 Å². The van der Waals surface area contributed by atoms with Crippen LogP contribution in [0, 0.1) is 0 Å². The molecule has 1 heterocycles. The van der Waals surface area contributed by atoms with E-state index in [0.29, 0.717) is 16.8 Å². The topological polar surface area (TPSA) is 115 Å². The molecule has 0 saturated carbocycles. The molecule has 8 heteroatoms. The molecule has 0 spiro atoms. The van der Waals surface area contributed by atoms with Crippen molar-refractivity contribution in [1.82, 2.24) is 10.3 Å². The van der Waals surface area contributed by atoms with E-state index >= 15 is 0 Å². The number of carbonyl (C=O) groups is 1. The average molecular weight is 283 g/mol. The van der Waals surface area contributed by atoms with Crippen molar-refractivity contribution in [2.45, 2.75) is 17.4 Å². The molecule has 0 aliphatic rings. The number of nitrogens with zero attached hydrogens (tertiary/aromatic N) is 1. The SMILES string of the molecule is CNC(=O)C(C)S(=O)(=O)c1nc2cc(N)ccc2o1. The van der Waals surface area contributed by atoms with Crippen molar-refractivity contribution in [1.29, 1.82) is 0 Å². The van der Waals surface area contributed by atoms with E-state index in [-0.39, 0.29) is 0 Å². The number of hydrogen-bond donors (Lipinski definition) is 2. The monoisotopic (exact) mass is 283 g/mol. The van der Waals surface area contributed by atoms with Crippen molar-refractivity contribution in [2.24, 2.45) is 0 Å². The van der Waals surface area contributed by atoms with Gasteiger partial charge in [-0.15, -0.1) is 0 Å². The average Bonchev–Trinajstić information content (AvgIpc) is 2.80.